The number of nitrogens with zero attached hydrogens (tertiary/aromatic N) is 1. The molecule has 0 bridgehead atoms. The molecule has 0 aliphatic rings. The van der Waals surface area contributed by atoms with Crippen LogP contribution in [0.25, 0.3) is 0 Å². The molecule has 142 valence electrons. The molecule has 26 heavy (non-hydrogen) atoms. The molecule has 7 heteroatoms. The monoisotopic (exact) mass is 473 g/mol. The second kappa shape index (κ2) is 11.6. The van der Waals surface area contributed by atoms with Crippen molar-refractivity contribution in [2.24, 2.45) is 4.99 Å². The van der Waals surface area contributed by atoms with Crippen LogP contribution in [-0.2, 0) is 6.54 Å². The van der Waals surface area contributed by atoms with Crippen LogP contribution < -0.4 is 20.1 Å². The predicted molar refractivity (Wildman–Crippen MR) is 113 cm³/mol. The number of aryl methyl sites for hydroxylation is 1. The van der Waals surface area contributed by atoms with Crippen LogP contribution in [0.4, 0.5) is 4.39 Å². The Morgan fingerprint density at radius 3 is 2.46 bits per heavy atom. The quantitative estimate of drug-likeness (QED) is 0.280. The minimum Gasteiger partial charge on any atom is -0.494 e. The van der Waals surface area contributed by atoms with Gasteiger partial charge in [0.1, 0.15) is 12.4 Å². The molecular weight excluding hydrogens is 448 g/mol. The fraction of sp³-hybridized carbons (Fsp3) is 0.316. The van der Waals surface area contributed by atoms with Crippen molar-refractivity contribution in [3.05, 3.63) is 59.4 Å². The zero-order chi connectivity index (χ0) is 18.1. The number of rotatable bonds is 7. The molecule has 2 aromatic carbocycles. The van der Waals surface area contributed by atoms with Crippen molar-refractivity contribution in [3.8, 4) is 11.5 Å². The van der Waals surface area contributed by atoms with Gasteiger partial charge in [-0.05, 0) is 36.8 Å². The van der Waals surface area contributed by atoms with E-state index in [9.17, 15) is 4.39 Å². The van der Waals surface area contributed by atoms with Crippen molar-refractivity contribution < 1.29 is 13.9 Å². The molecule has 0 saturated carbocycles. The molecule has 0 aliphatic heterocycles. The van der Waals surface area contributed by atoms with Gasteiger partial charge in [0.25, 0.3) is 0 Å². The number of nitrogens with one attached hydrogen (secondary N) is 2. The van der Waals surface area contributed by atoms with Gasteiger partial charge in [0, 0.05) is 13.6 Å². The first-order valence-corrected chi connectivity index (χ1v) is 8.09. The Morgan fingerprint density at radius 1 is 1.12 bits per heavy atom. The lowest BCUT2D eigenvalue weighted by Gasteiger charge is -2.13. The van der Waals surface area contributed by atoms with Crippen LogP contribution in [0.5, 0.6) is 11.5 Å². The lowest BCUT2D eigenvalue weighted by Crippen LogP contribution is -2.38. The van der Waals surface area contributed by atoms with E-state index in [-0.39, 0.29) is 35.5 Å². The van der Waals surface area contributed by atoms with Crippen molar-refractivity contribution in [3.63, 3.8) is 0 Å². The summed E-state index contributed by atoms with van der Waals surface area (Å²) in [5.41, 5.74) is 2.00. The highest BCUT2D eigenvalue weighted by Crippen LogP contribution is 2.17. The van der Waals surface area contributed by atoms with Gasteiger partial charge in [0.15, 0.2) is 17.5 Å². The van der Waals surface area contributed by atoms with Crippen molar-refractivity contribution in [1.29, 1.82) is 0 Å². The van der Waals surface area contributed by atoms with Crippen LogP contribution in [0.3, 0.4) is 0 Å². The lowest BCUT2D eigenvalue weighted by atomic mass is 10.2. The topological polar surface area (TPSA) is 54.9 Å². The summed E-state index contributed by atoms with van der Waals surface area (Å²) >= 11 is 0. The second-order valence-electron chi connectivity index (χ2n) is 5.48. The number of guanidine groups is 1. The van der Waals surface area contributed by atoms with Crippen LogP contribution in [0.15, 0.2) is 47.5 Å². The third kappa shape index (κ3) is 7.07. The average Bonchev–Trinajstić information content (AvgIpc) is 2.62. The molecule has 0 spiro atoms. The Morgan fingerprint density at radius 2 is 1.85 bits per heavy atom. The minimum absolute atomic E-state index is 0. The first kappa shape index (κ1) is 22.0. The Labute approximate surface area is 171 Å². The van der Waals surface area contributed by atoms with Crippen LogP contribution in [0, 0.1) is 12.7 Å². The van der Waals surface area contributed by atoms with E-state index in [4.69, 9.17) is 9.47 Å². The van der Waals surface area contributed by atoms with E-state index >= 15 is 0 Å². The van der Waals surface area contributed by atoms with E-state index in [1.54, 1.807) is 13.1 Å². The molecular formula is C19H25FIN3O2. The van der Waals surface area contributed by atoms with E-state index in [1.165, 1.54) is 18.7 Å². The third-order valence-electron chi connectivity index (χ3n) is 3.58. The molecule has 5 nitrogen and oxygen atoms in total. The second-order valence-corrected chi connectivity index (χ2v) is 5.48. The molecule has 0 aliphatic carbocycles. The van der Waals surface area contributed by atoms with E-state index < -0.39 is 0 Å². The molecule has 0 saturated heterocycles. The Balaban J connectivity index is 0.00000338. The van der Waals surface area contributed by atoms with E-state index in [0.29, 0.717) is 25.7 Å². The molecule has 2 N–H and O–H groups in total. The van der Waals surface area contributed by atoms with Crippen molar-refractivity contribution in [1.82, 2.24) is 10.6 Å². The summed E-state index contributed by atoms with van der Waals surface area (Å²) in [4.78, 5) is 4.14. The summed E-state index contributed by atoms with van der Waals surface area (Å²) in [6.45, 7) is 3.61. The van der Waals surface area contributed by atoms with E-state index in [1.807, 2.05) is 37.3 Å². The van der Waals surface area contributed by atoms with Gasteiger partial charge in [-0.3, -0.25) is 4.99 Å². The Kier molecular flexibility index (Phi) is 9.79. The average molecular weight is 473 g/mol. The fourth-order valence-corrected chi connectivity index (χ4v) is 2.20. The van der Waals surface area contributed by atoms with Gasteiger partial charge in [-0.25, -0.2) is 4.39 Å². The van der Waals surface area contributed by atoms with Crippen LogP contribution in [-0.4, -0.2) is 33.3 Å². The van der Waals surface area contributed by atoms with Crippen molar-refractivity contribution in [2.75, 3.05) is 27.3 Å². The predicted octanol–water partition coefficient (Wildman–Crippen LogP) is 3.50. The van der Waals surface area contributed by atoms with Gasteiger partial charge >= 0.3 is 0 Å². The molecule has 0 amide bonds. The van der Waals surface area contributed by atoms with Gasteiger partial charge in [-0.2, -0.15) is 0 Å². The van der Waals surface area contributed by atoms with Crippen molar-refractivity contribution in [2.45, 2.75) is 13.5 Å². The zero-order valence-electron chi connectivity index (χ0n) is 15.2. The minimum atomic E-state index is -0.378. The maximum absolute atomic E-state index is 13.7. The number of methoxy groups -OCH3 is 1. The van der Waals surface area contributed by atoms with Gasteiger partial charge in [-0.1, -0.05) is 23.8 Å². The number of aliphatic imine (C=N–C) groups is 1. The van der Waals surface area contributed by atoms with E-state index in [0.717, 1.165) is 11.3 Å². The number of hydrogen-bond acceptors (Lipinski definition) is 3. The molecule has 2 rings (SSSR count). The fourth-order valence-electron chi connectivity index (χ4n) is 2.20. The summed E-state index contributed by atoms with van der Waals surface area (Å²) in [5, 5.41) is 6.29. The Hall–Kier alpha value is -2.03. The van der Waals surface area contributed by atoms with Gasteiger partial charge < -0.3 is 20.1 Å². The third-order valence-corrected chi connectivity index (χ3v) is 3.58. The highest BCUT2D eigenvalue weighted by atomic mass is 127. The van der Waals surface area contributed by atoms with Crippen LogP contribution >= 0.6 is 24.0 Å². The largest absolute Gasteiger partial charge is 0.494 e. The number of halogens is 2. The van der Waals surface area contributed by atoms with Crippen LogP contribution in [0.2, 0.25) is 0 Å². The van der Waals surface area contributed by atoms with Gasteiger partial charge in [-0.15, -0.1) is 24.0 Å². The highest BCUT2D eigenvalue weighted by Gasteiger charge is 2.04. The molecule has 2 aromatic rings. The zero-order valence-corrected chi connectivity index (χ0v) is 17.5. The maximum atomic E-state index is 13.7. The standard InChI is InChI=1S/C19H24FN3O2.HI/c1-14-4-7-16(8-5-14)25-11-10-22-19(21-2)23-13-15-6-9-18(24-3)17(20)12-15;/h4-9,12H,10-11,13H2,1-3H3,(H2,21,22,23);1H. The molecule has 0 atom stereocenters. The lowest BCUT2D eigenvalue weighted by molar-refractivity contribution is 0.322. The first-order valence-electron chi connectivity index (χ1n) is 8.09. The maximum Gasteiger partial charge on any atom is 0.191 e. The molecule has 0 aromatic heterocycles. The summed E-state index contributed by atoms with van der Waals surface area (Å²) in [7, 11) is 3.13. The first-order chi connectivity index (χ1) is 12.1. The molecule has 0 heterocycles. The summed E-state index contributed by atoms with van der Waals surface area (Å²) in [5.74, 6) is 1.32. The highest BCUT2D eigenvalue weighted by molar-refractivity contribution is 14.0. The summed E-state index contributed by atoms with van der Waals surface area (Å²) < 4.78 is 24.2. The molecule has 0 radical (unpaired) electrons. The number of ether oxygens (including phenoxy) is 2. The van der Waals surface area contributed by atoms with Gasteiger partial charge in [0.2, 0.25) is 0 Å². The van der Waals surface area contributed by atoms with Gasteiger partial charge in [0.05, 0.1) is 13.7 Å². The summed E-state index contributed by atoms with van der Waals surface area (Å²) in [6.07, 6.45) is 0. The Bertz CT molecular complexity index is 708. The van der Waals surface area contributed by atoms with Crippen LogP contribution in [0.1, 0.15) is 11.1 Å². The SMILES string of the molecule is CN=C(NCCOc1ccc(C)cc1)NCc1ccc(OC)c(F)c1.I. The molecule has 0 fully saturated rings. The number of hydrogen-bond donors (Lipinski definition) is 2. The smallest absolute Gasteiger partial charge is 0.191 e. The summed E-state index contributed by atoms with van der Waals surface area (Å²) in [6, 6.07) is 12.8. The van der Waals surface area contributed by atoms with Crippen molar-refractivity contribution >= 4 is 29.9 Å². The molecule has 0 unspecified atom stereocenters. The van der Waals surface area contributed by atoms with E-state index in [2.05, 4.69) is 15.6 Å². The number of benzene rings is 2. The normalized spacial score (nSPS) is 10.7.